The molecule has 0 amide bonds. The first-order valence-electron chi connectivity index (χ1n) is 8.50. The molecule has 1 aliphatic heterocycles. The van der Waals surface area contributed by atoms with E-state index in [0.29, 0.717) is 6.54 Å². The minimum Gasteiger partial charge on any atom is -0.266 e. The van der Waals surface area contributed by atoms with Crippen LogP contribution in [0.15, 0.2) is 70.5 Å². The number of rotatable bonds is 5. The van der Waals surface area contributed by atoms with Crippen LogP contribution in [-0.4, -0.2) is 20.6 Å². The van der Waals surface area contributed by atoms with Crippen molar-refractivity contribution in [2.45, 2.75) is 19.9 Å². The molecule has 0 atom stereocenters. The van der Waals surface area contributed by atoms with Crippen molar-refractivity contribution in [3.63, 3.8) is 0 Å². The predicted molar refractivity (Wildman–Crippen MR) is 105 cm³/mol. The Kier molecular flexibility index (Phi) is 4.73. The molecule has 0 spiro atoms. The smallest absolute Gasteiger partial charge is 0.177 e. The van der Waals surface area contributed by atoms with Crippen molar-refractivity contribution in [2.75, 3.05) is 0 Å². The van der Waals surface area contributed by atoms with Gasteiger partial charge in [0.15, 0.2) is 5.84 Å². The molecule has 0 radical (unpaired) electrons. The van der Waals surface area contributed by atoms with Gasteiger partial charge in [0.2, 0.25) is 0 Å². The van der Waals surface area contributed by atoms with Crippen LogP contribution in [0.4, 0.5) is 0 Å². The van der Waals surface area contributed by atoms with Gasteiger partial charge in [-0.1, -0.05) is 55.5 Å². The molecule has 1 aliphatic rings. The molecule has 0 saturated heterocycles. The molecule has 1 aromatic heterocycles. The zero-order valence-electron chi connectivity index (χ0n) is 14.4. The van der Waals surface area contributed by atoms with Crippen LogP contribution in [0.5, 0.6) is 0 Å². The van der Waals surface area contributed by atoms with Gasteiger partial charge in [0.05, 0.1) is 24.0 Å². The largest absolute Gasteiger partial charge is 0.266 e. The highest BCUT2D eigenvalue weighted by atomic mass is 79.9. The molecule has 2 heterocycles. The molecule has 0 saturated carbocycles. The summed E-state index contributed by atoms with van der Waals surface area (Å²) in [5.74, 6) is 0.793. The van der Waals surface area contributed by atoms with Gasteiger partial charge in [-0.25, -0.2) is 10.2 Å². The predicted octanol–water partition coefficient (Wildman–Crippen LogP) is 3.38. The Morgan fingerprint density at radius 2 is 1.81 bits per heavy atom. The van der Waals surface area contributed by atoms with Crippen molar-refractivity contribution in [3.8, 4) is 5.69 Å². The second-order valence-corrected chi connectivity index (χ2v) is 6.73. The lowest BCUT2D eigenvalue weighted by Crippen LogP contribution is -2.40. The maximum Gasteiger partial charge on any atom is 0.177 e. The van der Waals surface area contributed by atoms with Crippen molar-refractivity contribution in [1.29, 1.82) is 0 Å². The Morgan fingerprint density at radius 1 is 1.04 bits per heavy atom. The summed E-state index contributed by atoms with van der Waals surface area (Å²) in [5.41, 5.74) is 10.3. The van der Waals surface area contributed by atoms with E-state index in [1.807, 2.05) is 40.2 Å². The molecular formula is C19H19BrN6. The van der Waals surface area contributed by atoms with Crippen LogP contribution in [0.1, 0.15) is 23.6 Å². The third kappa shape index (κ3) is 3.11. The minimum absolute atomic E-state index is 0.690. The van der Waals surface area contributed by atoms with Gasteiger partial charge < -0.3 is 0 Å². The second-order valence-electron chi connectivity index (χ2n) is 5.97. The molecular weight excluding hydrogens is 392 g/mol. The van der Waals surface area contributed by atoms with E-state index in [9.17, 15) is 0 Å². The maximum absolute atomic E-state index is 4.59. The average Bonchev–Trinajstić information content (AvgIpc) is 3.28. The average molecular weight is 411 g/mol. The number of hydrogen-bond donors (Lipinski definition) is 2. The third-order valence-electron chi connectivity index (χ3n) is 4.34. The Labute approximate surface area is 160 Å². The number of hydrazone groups is 1. The number of benzene rings is 2. The summed E-state index contributed by atoms with van der Waals surface area (Å²) in [5, 5.41) is 10.9. The minimum atomic E-state index is 0.690. The SMILES string of the molecule is CCc1ccccc1-n1ncc(C2=NNNN2Cc2ccccc2)c1Br. The molecule has 0 fully saturated rings. The molecule has 0 aliphatic carbocycles. The van der Waals surface area contributed by atoms with Crippen LogP contribution in [0.25, 0.3) is 5.69 Å². The molecule has 3 aromatic rings. The van der Waals surface area contributed by atoms with Crippen LogP contribution in [0.3, 0.4) is 0 Å². The van der Waals surface area contributed by atoms with E-state index < -0.39 is 0 Å². The molecule has 26 heavy (non-hydrogen) atoms. The monoisotopic (exact) mass is 410 g/mol. The first-order valence-corrected chi connectivity index (χ1v) is 9.29. The van der Waals surface area contributed by atoms with Gasteiger partial charge in [-0.3, -0.25) is 5.01 Å². The van der Waals surface area contributed by atoms with Gasteiger partial charge in [0, 0.05) is 0 Å². The van der Waals surface area contributed by atoms with Gasteiger partial charge in [-0.2, -0.15) is 5.10 Å². The second kappa shape index (κ2) is 7.31. The molecule has 2 aromatic carbocycles. The van der Waals surface area contributed by atoms with Gasteiger partial charge in [0.1, 0.15) is 4.60 Å². The first-order chi connectivity index (χ1) is 12.8. The zero-order chi connectivity index (χ0) is 17.9. The van der Waals surface area contributed by atoms with Gasteiger partial charge in [-0.15, -0.1) is 10.6 Å². The fourth-order valence-corrected chi connectivity index (χ4v) is 3.57. The molecule has 7 heteroatoms. The number of para-hydroxylation sites is 1. The fourth-order valence-electron chi connectivity index (χ4n) is 3.01. The van der Waals surface area contributed by atoms with Crippen LogP contribution in [0, 0.1) is 0 Å². The normalized spacial score (nSPS) is 13.6. The highest BCUT2D eigenvalue weighted by Gasteiger charge is 2.24. The van der Waals surface area contributed by atoms with Crippen molar-refractivity contribution in [2.24, 2.45) is 5.10 Å². The fraction of sp³-hybridized carbons (Fsp3) is 0.158. The van der Waals surface area contributed by atoms with Crippen molar-refractivity contribution >= 4 is 21.8 Å². The van der Waals surface area contributed by atoms with Crippen molar-refractivity contribution < 1.29 is 0 Å². The molecule has 0 bridgehead atoms. The van der Waals surface area contributed by atoms with Crippen LogP contribution in [-0.2, 0) is 13.0 Å². The third-order valence-corrected chi connectivity index (χ3v) is 5.10. The Bertz CT molecular complexity index is 934. The quantitative estimate of drug-likeness (QED) is 0.676. The van der Waals surface area contributed by atoms with E-state index in [2.05, 4.69) is 74.5 Å². The summed E-state index contributed by atoms with van der Waals surface area (Å²) in [7, 11) is 0. The van der Waals surface area contributed by atoms with E-state index in [1.54, 1.807) is 0 Å². The highest BCUT2D eigenvalue weighted by Crippen LogP contribution is 2.25. The van der Waals surface area contributed by atoms with E-state index in [-0.39, 0.29) is 0 Å². The van der Waals surface area contributed by atoms with E-state index in [0.717, 1.165) is 28.1 Å². The molecule has 132 valence electrons. The number of nitrogens with zero attached hydrogens (tertiary/aromatic N) is 4. The Morgan fingerprint density at radius 3 is 2.62 bits per heavy atom. The topological polar surface area (TPSA) is 57.5 Å². The summed E-state index contributed by atoms with van der Waals surface area (Å²) >= 11 is 3.71. The standard InChI is InChI=1S/C19H19BrN6/c1-2-15-10-6-7-11-17(15)26-18(20)16(12-21-26)19-22-23-24-25(19)13-14-8-4-3-5-9-14/h3-12,23-24H,2,13H2,1H3. The van der Waals surface area contributed by atoms with Crippen LogP contribution in [0.2, 0.25) is 0 Å². The van der Waals surface area contributed by atoms with E-state index in [4.69, 9.17) is 0 Å². The molecule has 6 nitrogen and oxygen atoms in total. The highest BCUT2D eigenvalue weighted by molar-refractivity contribution is 9.10. The number of amidine groups is 1. The molecule has 4 rings (SSSR count). The van der Waals surface area contributed by atoms with E-state index in [1.165, 1.54) is 11.1 Å². The number of nitrogens with one attached hydrogen (secondary N) is 2. The van der Waals surface area contributed by atoms with E-state index >= 15 is 0 Å². The van der Waals surface area contributed by atoms with Gasteiger partial charge >= 0.3 is 0 Å². The van der Waals surface area contributed by atoms with Crippen LogP contribution < -0.4 is 11.1 Å². The van der Waals surface area contributed by atoms with Crippen LogP contribution >= 0.6 is 15.9 Å². The Hall–Kier alpha value is -2.64. The number of hydrazine groups is 2. The summed E-state index contributed by atoms with van der Waals surface area (Å²) in [6.07, 6.45) is 2.78. The summed E-state index contributed by atoms with van der Waals surface area (Å²) in [4.78, 5) is 0. The lowest BCUT2D eigenvalue weighted by Gasteiger charge is -2.18. The van der Waals surface area contributed by atoms with Crippen molar-refractivity contribution in [1.82, 2.24) is 25.9 Å². The summed E-state index contributed by atoms with van der Waals surface area (Å²) in [6, 6.07) is 18.5. The number of hydrogen-bond acceptors (Lipinski definition) is 5. The van der Waals surface area contributed by atoms with Gasteiger partial charge in [0.25, 0.3) is 0 Å². The number of aryl methyl sites for hydroxylation is 1. The van der Waals surface area contributed by atoms with Crippen molar-refractivity contribution in [3.05, 3.63) is 82.1 Å². The summed E-state index contributed by atoms with van der Waals surface area (Å²) in [6.45, 7) is 2.84. The summed E-state index contributed by atoms with van der Waals surface area (Å²) < 4.78 is 2.79. The maximum atomic E-state index is 4.59. The molecule has 2 N–H and O–H groups in total. The van der Waals surface area contributed by atoms with Gasteiger partial charge in [-0.05, 0) is 39.5 Å². The molecule has 0 unspecified atom stereocenters. The lowest BCUT2D eigenvalue weighted by atomic mass is 10.1. The lowest BCUT2D eigenvalue weighted by molar-refractivity contribution is 0.288. The zero-order valence-corrected chi connectivity index (χ0v) is 15.9. The first kappa shape index (κ1) is 16.8. The number of halogens is 1. The number of aromatic nitrogens is 2. The Balaban J connectivity index is 1.65.